The third-order valence-corrected chi connectivity index (χ3v) is 7.77. The highest BCUT2D eigenvalue weighted by Gasteiger charge is 2.27. The summed E-state index contributed by atoms with van der Waals surface area (Å²) in [7, 11) is 0. The Balaban J connectivity index is 1.36. The summed E-state index contributed by atoms with van der Waals surface area (Å²) in [6, 6.07) is 12.2. The van der Waals surface area contributed by atoms with Gasteiger partial charge < -0.3 is 23.6 Å². The van der Waals surface area contributed by atoms with E-state index in [0.29, 0.717) is 50.2 Å². The zero-order chi connectivity index (χ0) is 24.6. The first-order valence-corrected chi connectivity index (χ1v) is 13.0. The van der Waals surface area contributed by atoms with E-state index in [9.17, 15) is 4.79 Å². The number of aryl methyl sites for hydroxylation is 2. The van der Waals surface area contributed by atoms with Gasteiger partial charge in [-0.1, -0.05) is 17.3 Å². The number of fused-ring (bicyclic) bond motifs is 2. The van der Waals surface area contributed by atoms with Crippen LogP contribution in [0.15, 0.2) is 40.9 Å². The van der Waals surface area contributed by atoms with Crippen LogP contribution in [-0.2, 0) is 22.5 Å². The summed E-state index contributed by atoms with van der Waals surface area (Å²) in [5, 5.41) is 4.90. The molecule has 2 aromatic heterocycles. The number of aromatic nitrogens is 2. The molecule has 2 aliphatic heterocycles. The number of amides is 1. The Morgan fingerprint density at radius 1 is 1.22 bits per heavy atom. The molecule has 1 fully saturated rings. The van der Waals surface area contributed by atoms with E-state index < -0.39 is 0 Å². The fraction of sp³-hybridized carbons (Fsp3) is 0.370. The van der Waals surface area contributed by atoms with Gasteiger partial charge in [-0.2, -0.15) is 0 Å². The van der Waals surface area contributed by atoms with Crippen molar-refractivity contribution in [3.05, 3.63) is 59.0 Å². The Labute approximate surface area is 212 Å². The number of hydrogen-bond acceptors (Lipinski definition) is 8. The van der Waals surface area contributed by atoms with Crippen molar-refractivity contribution in [2.75, 3.05) is 26.4 Å². The van der Waals surface area contributed by atoms with Crippen LogP contribution in [0.1, 0.15) is 29.0 Å². The van der Waals surface area contributed by atoms with Crippen LogP contribution in [0.2, 0.25) is 0 Å². The second-order valence-electron chi connectivity index (χ2n) is 9.20. The van der Waals surface area contributed by atoms with Gasteiger partial charge in [-0.05, 0) is 38.1 Å². The Kier molecular flexibility index (Phi) is 6.10. The third-order valence-electron chi connectivity index (χ3n) is 6.68. The van der Waals surface area contributed by atoms with Crippen molar-refractivity contribution >= 4 is 27.5 Å². The molecule has 1 amide bonds. The summed E-state index contributed by atoms with van der Waals surface area (Å²) in [5.41, 5.74) is 4.42. The molecule has 2 aromatic carbocycles. The zero-order valence-electron chi connectivity index (χ0n) is 20.3. The highest BCUT2D eigenvalue weighted by molar-refractivity contribution is 7.21. The van der Waals surface area contributed by atoms with Gasteiger partial charge in [-0.3, -0.25) is 4.79 Å². The second kappa shape index (κ2) is 9.55. The summed E-state index contributed by atoms with van der Waals surface area (Å²) in [6.45, 7) is 6.24. The van der Waals surface area contributed by atoms with E-state index in [-0.39, 0.29) is 18.4 Å². The van der Waals surface area contributed by atoms with Gasteiger partial charge in [-0.25, -0.2) is 4.98 Å². The van der Waals surface area contributed by atoms with Gasteiger partial charge in [0.2, 0.25) is 5.91 Å². The van der Waals surface area contributed by atoms with Crippen molar-refractivity contribution in [2.24, 2.45) is 0 Å². The molecule has 9 heteroatoms. The van der Waals surface area contributed by atoms with Crippen molar-refractivity contribution in [2.45, 2.75) is 39.3 Å². The average molecular weight is 506 g/mol. The maximum absolute atomic E-state index is 13.3. The van der Waals surface area contributed by atoms with E-state index >= 15 is 0 Å². The summed E-state index contributed by atoms with van der Waals surface area (Å²) in [4.78, 5) is 20.0. The lowest BCUT2D eigenvalue weighted by molar-refractivity contribution is -0.131. The minimum absolute atomic E-state index is 0.0119. The monoisotopic (exact) mass is 505 g/mol. The van der Waals surface area contributed by atoms with Crippen LogP contribution in [-0.4, -0.2) is 53.4 Å². The van der Waals surface area contributed by atoms with Gasteiger partial charge in [0.25, 0.3) is 0 Å². The van der Waals surface area contributed by atoms with Crippen LogP contribution >= 0.6 is 11.3 Å². The Morgan fingerprint density at radius 3 is 2.89 bits per heavy atom. The first-order chi connectivity index (χ1) is 17.5. The largest absolute Gasteiger partial charge is 0.487 e. The topological polar surface area (TPSA) is 86.9 Å². The molecule has 2 aliphatic rings. The Bertz CT molecular complexity index is 1370. The number of para-hydroxylation sites is 1. The van der Waals surface area contributed by atoms with Gasteiger partial charge in [0, 0.05) is 29.7 Å². The number of carbonyl (C=O) groups excluding carboxylic acids is 1. The van der Waals surface area contributed by atoms with Crippen molar-refractivity contribution in [1.82, 2.24) is 15.0 Å². The fourth-order valence-corrected chi connectivity index (χ4v) is 5.66. The number of rotatable bonds is 5. The molecule has 0 N–H and O–H groups in total. The number of nitrogens with zero attached hydrogens (tertiary/aromatic N) is 3. The molecule has 8 nitrogen and oxygen atoms in total. The lowest BCUT2D eigenvalue weighted by Gasteiger charge is -2.21. The van der Waals surface area contributed by atoms with Gasteiger partial charge in [0.15, 0.2) is 11.5 Å². The van der Waals surface area contributed by atoms with Crippen molar-refractivity contribution in [1.29, 1.82) is 0 Å². The SMILES string of the molecule is Cc1noc(C)c1CC(=O)N1CCOc2c(cc(-c3nc4ccccc4s3)cc2OC2CCOC2)C1. The van der Waals surface area contributed by atoms with Crippen LogP contribution in [0.4, 0.5) is 0 Å². The van der Waals surface area contributed by atoms with Crippen LogP contribution < -0.4 is 9.47 Å². The first kappa shape index (κ1) is 23.0. The average Bonchev–Trinajstić information content (AvgIpc) is 3.58. The molecule has 4 aromatic rings. The number of benzene rings is 2. The Hall–Kier alpha value is -3.43. The predicted octanol–water partition coefficient (Wildman–Crippen LogP) is 4.70. The molecule has 36 heavy (non-hydrogen) atoms. The molecule has 0 aliphatic carbocycles. The van der Waals surface area contributed by atoms with Crippen LogP contribution in [0.5, 0.6) is 11.5 Å². The summed E-state index contributed by atoms with van der Waals surface area (Å²) in [5.74, 6) is 2.06. The summed E-state index contributed by atoms with van der Waals surface area (Å²) in [6.07, 6.45) is 1.06. The van der Waals surface area contributed by atoms with Crippen molar-refractivity contribution in [3.63, 3.8) is 0 Å². The quantitative estimate of drug-likeness (QED) is 0.389. The van der Waals surface area contributed by atoms with E-state index in [1.165, 1.54) is 0 Å². The first-order valence-electron chi connectivity index (χ1n) is 12.1. The van der Waals surface area contributed by atoms with Crippen LogP contribution in [0, 0.1) is 13.8 Å². The highest BCUT2D eigenvalue weighted by atomic mass is 32.1. The van der Waals surface area contributed by atoms with Gasteiger partial charge in [0.05, 0.1) is 42.1 Å². The number of hydrogen-bond donors (Lipinski definition) is 0. The third kappa shape index (κ3) is 4.44. The lowest BCUT2D eigenvalue weighted by Crippen LogP contribution is -2.33. The van der Waals surface area contributed by atoms with E-state index in [1.807, 2.05) is 43.0 Å². The van der Waals surface area contributed by atoms with Gasteiger partial charge >= 0.3 is 0 Å². The normalized spacial score (nSPS) is 17.6. The lowest BCUT2D eigenvalue weighted by atomic mass is 10.1. The summed E-state index contributed by atoms with van der Waals surface area (Å²) < 4.78 is 24.5. The van der Waals surface area contributed by atoms with Gasteiger partial charge in [-0.15, -0.1) is 11.3 Å². The molecule has 0 bridgehead atoms. The number of ether oxygens (including phenoxy) is 3. The fourth-order valence-electron chi connectivity index (χ4n) is 4.71. The maximum Gasteiger partial charge on any atom is 0.227 e. The predicted molar refractivity (Wildman–Crippen MR) is 136 cm³/mol. The summed E-state index contributed by atoms with van der Waals surface area (Å²) >= 11 is 1.64. The molecular weight excluding hydrogens is 478 g/mol. The molecular formula is C27H27N3O5S. The number of carbonyl (C=O) groups is 1. The van der Waals surface area contributed by atoms with Gasteiger partial charge in [0.1, 0.15) is 23.5 Å². The van der Waals surface area contributed by atoms with Crippen LogP contribution in [0.25, 0.3) is 20.8 Å². The van der Waals surface area contributed by atoms with E-state index in [2.05, 4.69) is 17.3 Å². The molecule has 0 saturated carbocycles. The molecule has 186 valence electrons. The highest BCUT2D eigenvalue weighted by Crippen LogP contribution is 2.41. The molecule has 1 saturated heterocycles. The molecule has 1 atom stereocenters. The molecule has 1 unspecified atom stereocenters. The van der Waals surface area contributed by atoms with Crippen molar-refractivity contribution in [3.8, 4) is 22.1 Å². The molecule has 0 spiro atoms. The van der Waals surface area contributed by atoms with E-state index in [0.717, 1.165) is 44.0 Å². The van der Waals surface area contributed by atoms with Crippen LogP contribution in [0.3, 0.4) is 0 Å². The minimum atomic E-state index is -0.0242. The second-order valence-corrected chi connectivity index (χ2v) is 10.2. The van der Waals surface area contributed by atoms with E-state index in [4.69, 9.17) is 23.7 Å². The smallest absolute Gasteiger partial charge is 0.227 e. The standard InChI is InChI=1S/C27H27N3O5S/c1-16-21(17(2)35-29-16)13-25(31)30-8-10-33-26-19(14-30)11-18(12-23(26)34-20-7-9-32-15-20)27-28-22-5-3-4-6-24(22)36-27/h3-6,11-12,20H,7-10,13-15H2,1-2H3. The maximum atomic E-state index is 13.3. The Morgan fingerprint density at radius 2 is 2.11 bits per heavy atom. The minimum Gasteiger partial charge on any atom is -0.487 e. The molecule has 0 radical (unpaired) electrons. The van der Waals surface area contributed by atoms with E-state index in [1.54, 1.807) is 11.3 Å². The van der Waals surface area contributed by atoms with Crippen molar-refractivity contribution < 1.29 is 23.5 Å². The zero-order valence-corrected chi connectivity index (χ0v) is 21.1. The molecule has 4 heterocycles. The number of thiazole rings is 1. The molecule has 6 rings (SSSR count).